The van der Waals surface area contributed by atoms with Gasteiger partial charge in [-0.25, -0.2) is 9.97 Å². The molecule has 6 aromatic rings. The van der Waals surface area contributed by atoms with Crippen molar-refractivity contribution in [3.05, 3.63) is 159 Å². The van der Waals surface area contributed by atoms with Crippen molar-refractivity contribution in [1.82, 2.24) is 34.5 Å². The second-order valence-corrected chi connectivity index (χ2v) is 25.8. The van der Waals surface area contributed by atoms with Crippen molar-refractivity contribution in [2.75, 3.05) is 60.9 Å². The van der Waals surface area contributed by atoms with Crippen molar-refractivity contribution in [2.24, 2.45) is 0 Å². The van der Waals surface area contributed by atoms with Crippen LogP contribution in [0, 0.1) is 41.5 Å². The van der Waals surface area contributed by atoms with Gasteiger partial charge >= 0.3 is 0 Å². The first-order chi connectivity index (χ1) is 39.0. The first kappa shape index (κ1) is 62.1. The lowest BCUT2D eigenvalue weighted by Crippen LogP contribution is -2.43. The van der Waals surface area contributed by atoms with Gasteiger partial charge in [-0.2, -0.15) is 0 Å². The van der Waals surface area contributed by atoms with Gasteiger partial charge in [-0.3, -0.25) is 19.4 Å². The zero-order valence-electron chi connectivity index (χ0n) is 50.6. The summed E-state index contributed by atoms with van der Waals surface area (Å²) in [6, 6.07) is 26.6. The Labute approximate surface area is 498 Å². The molecule has 11 nitrogen and oxygen atoms in total. The third-order valence-electron chi connectivity index (χ3n) is 17.2. The molecule has 0 radical (unpaired) electrons. The lowest BCUT2D eigenvalue weighted by molar-refractivity contribution is 0.0725. The highest BCUT2D eigenvalue weighted by Crippen LogP contribution is 2.43. The van der Waals surface area contributed by atoms with E-state index in [9.17, 15) is 9.59 Å². The van der Waals surface area contributed by atoms with Crippen LogP contribution >= 0.6 is 34.3 Å². The number of carbonyl (C=O) groups is 2. The zero-order chi connectivity index (χ0) is 57.9. The van der Waals surface area contributed by atoms with Crippen LogP contribution in [0.2, 0.25) is 0 Å². The predicted molar refractivity (Wildman–Crippen MR) is 335 cm³/mol. The molecule has 436 valence electrons. The van der Waals surface area contributed by atoms with Crippen molar-refractivity contribution in [3.8, 4) is 11.8 Å². The summed E-state index contributed by atoms with van der Waals surface area (Å²) in [4.78, 5) is 53.0. The Hall–Kier alpha value is -4.99. The number of fused-ring (bicyclic) bond motifs is 2. The van der Waals surface area contributed by atoms with Crippen molar-refractivity contribution >= 4 is 46.0 Å². The molecule has 4 aromatic heterocycles. The number of halogens is 1. The monoisotopic (exact) mass is 1160 g/mol. The smallest absolute Gasteiger partial charge is 0.255 e. The van der Waals surface area contributed by atoms with Crippen LogP contribution in [0.1, 0.15) is 173 Å². The van der Waals surface area contributed by atoms with E-state index in [2.05, 4.69) is 106 Å². The Balaban J connectivity index is 0.000000177. The number of alkyl halides is 1. The number of Topliss-reactive ketones (excluding diaryl/α,β-unsaturated/α-hetero) is 1. The van der Waals surface area contributed by atoms with Crippen molar-refractivity contribution in [3.63, 3.8) is 0 Å². The van der Waals surface area contributed by atoms with Crippen LogP contribution in [0.3, 0.4) is 0 Å². The fourth-order valence-electron chi connectivity index (χ4n) is 12.5. The van der Waals surface area contributed by atoms with Gasteiger partial charge in [-0.15, -0.1) is 34.3 Å². The summed E-state index contributed by atoms with van der Waals surface area (Å²) in [5, 5.41) is 0. The molecule has 14 heteroatoms. The lowest BCUT2D eigenvalue weighted by Gasteiger charge is -2.39. The molecule has 1 aliphatic carbocycles. The molecule has 81 heavy (non-hydrogen) atoms. The molecule has 2 fully saturated rings. The summed E-state index contributed by atoms with van der Waals surface area (Å²) in [7, 11) is 8.78. The van der Waals surface area contributed by atoms with E-state index in [0.29, 0.717) is 61.3 Å². The second kappa shape index (κ2) is 29.0. The summed E-state index contributed by atoms with van der Waals surface area (Å²) >= 11 is 9.76. The molecule has 0 saturated carbocycles. The van der Waals surface area contributed by atoms with Gasteiger partial charge < -0.3 is 24.2 Å². The number of ether oxygens (including phenoxy) is 2. The van der Waals surface area contributed by atoms with E-state index in [1.165, 1.54) is 69.4 Å². The SMILES string of the molecule is CCC(c1sc2c(c1C)C(=O)CCC2)N1CCC(N(C)C)CC1.CCC(c1sc2c(c1C)C(=O)N(Cc1c(C)cc(C)nc1OCc1ccccc1)CC2)N1CCC(N(C)C)CC1.Cc1cc(C)c(CCl)c(OCc2ccccc2)n1. The molecule has 0 bridgehead atoms. The zero-order valence-corrected chi connectivity index (χ0v) is 53.0. The van der Waals surface area contributed by atoms with E-state index < -0.39 is 0 Å². The summed E-state index contributed by atoms with van der Waals surface area (Å²) in [5.74, 6) is 2.23. The minimum absolute atomic E-state index is 0.149. The van der Waals surface area contributed by atoms with Gasteiger partial charge in [0, 0.05) is 117 Å². The van der Waals surface area contributed by atoms with Crippen molar-refractivity contribution in [1.29, 1.82) is 0 Å². The largest absolute Gasteiger partial charge is 0.473 e. The van der Waals surface area contributed by atoms with Gasteiger partial charge in [-0.1, -0.05) is 74.5 Å². The number of aryl methyl sites for hydroxylation is 5. The van der Waals surface area contributed by atoms with Crippen LogP contribution in [0.5, 0.6) is 11.8 Å². The minimum Gasteiger partial charge on any atom is -0.473 e. The number of piperidine rings is 2. The number of hydrogen-bond acceptors (Lipinski definition) is 12. The fraction of sp³-hybridized carbons (Fsp3) is 0.522. The van der Waals surface area contributed by atoms with Gasteiger partial charge in [0.25, 0.3) is 5.91 Å². The highest BCUT2D eigenvalue weighted by Gasteiger charge is 2.36. The van der Waals surface area contributed by atoms with Gasteiger partial charge in [0.15, 0.2) is 5.78 Å². The van der Waals surface area contributed by atoms with E-state index in [1.807, 2.05) is 103 Å². The van der Waals surface area contributed by atoms with Crippen LogP contribution in [0.4, 0.5) is 0 Å². The molecule has 7 heterocycles. The van der Waals surface area contributed by atoms with E-state index in [4.69, 9.17) is 26.1 Å². The number of pyridine rings is 2. The topological polar surface area (TPSA) is 94.6 Å². The number of aromatic nitrogens is 2. The van der Waals surface area contributed by atoms with E-state index in [0.717, 1.165) is 120 Å². The van der Waals surface area contributed by atoms with Crippen LogP contribution < -0.4 is 9.47 Å². The summed E-state index contributed by atoms with van der Waals surface area (Å²) < 4.78 is 12.0. The Morgan fingerprint density at radius 2 is 1.05 bits per heavy atom. The highest BCUT2D eigenvalue weighted by molar-refractivity contribution is 7.13. The third kappa shape index (κ3) is 15.2. The number of hydrogen-bond donors (Lipinski definition) is 0. The molecular formula is C67H90ClN7O4S2. The summed E-state index contributed by atoms with van der Waals surface area (Å²) in [6.07, 6.45) is 10.9. The molecule has 4 aliphatic rings. The fourth-order valence-corrected chi connectivity index (χ4v) is 16.0. The number of likely N-dealkylation sites (tertiary alicyclic amines) is 2. The van der Waals surface area contributed by atoms with Gasteiger partial charge in [0.2, 0.25) is 11.8 Å². The van der Waals surface area contributed by atoms with Crippen molar-refractivity contribution < 1.29 is 19.1 Å². The Morgan fingerprint density at radius 1 is 0.605 bits per heavy atom. The average Bonchev–Trinajstić information content (AvgIpc) is 4.19. The highest BCUT2D eigenvalue weighted by atomic mass is 35.5. The van der Waals surface area contributed by atoms with Crippen LogP contribution in [-0.2, 0) is 38.5 Å². The lowest BCUT2D eigenvalue weighted by atomic mass is 9.92. The van der Waals surface area contributed by atoms with E-state index in [1.54, 1.807) is 0 Å². The predicted octanol–water partition coefficient (Wildman–Crippen LogP) is 14.4. The van der Waals surface area contributed by atoms with Crippen LogP contribution in [0.15, 0.2) is 72.8 Å². The number of rotatable bonds is 17. The molecule has 0 N–H and O–H groups in total. The normalized spacial score (nSPS) is 17.0. The number of benzene rings is 2. The van der Waals surface area contributed by atoms with Crippen LogP contribution in [-0.4, -0.2) is 119 Å². The van der Waals surface area contributed by atoms with Crippen LogP contribution in [0.25, 0.3) is 0 Å². The quantitative estimate of drug-likeness (QED) is 0.0822. The number of thiophene rings is 2. The molecule has 2 aromatic carbocycles. The average molecular weight is 1160 g/mol. The maximum absolute atomic E-state index is 14.0. The first-order valence-electron chi connectivity index (χ1n) is 29.7. The molecule has 10 rings (SSSR count). The Bertz CT molecular complexity index is 3030. The number of carbonyl (C=O) groups excluding carboxylic acids is 2. The molecule has 2 saturated heterocycles. The number of amides is 1. The van der Waals surface area contributed by atoms with Gasteiger partial charge in [0.1, 0.15) is 13.2 Å². The second-order valence-electron chi connectivity index (χ2n) is 23.3. The van der Waals surface area contributed by atoms with Gasteiger partial charge in [0.05, 0.1) is 18.0 Å². The molecule has 2 atom stereocenters. The van der Waals surface area contributed by atoms with Crippen molar-refractivity contribution in [2.45, 2.75) is 169 Å². The van der Waals surface area contributed by atoms with Gasteiger partial charge in [-0.05, 0) is 167 Å². The summed E-state index contributed by atoms with van der Waals surface area (Å²) in [6.45, 7) is 23.8. The Morgan fingerprint density at radius 3 is 1.49 bits per heavy atom. The van der Waals surface area contributed by atoms with E-state index in [-0.39, 0.29) is 5.91 Å². The standard InChI is InChI=1S/C33H44N4O2S.C19H30N2OS.C15H16ClNO/c1-7-28(36-16-13-26(14-17-36)35(5)6)31-24(4)30-29(40-31)15-18-37(33(30)38)20-27-22(2)19-23(3)34-32(27)39-21-25-11-9-8-10-12-25;1-5-15(21-11-9-14(10-12-21)20(3)4)19-13(2)18-16(22)7-6-8-17(18)23-19;1-11-8-12(2)17-15(14(11)9-16)18-10-13-6-4-3-5-7-13/h8-12,19,26,28H,7,13-18,20-21H2,1-6H3;14-15H,5-12H2,1-4H3;3-8H,9-10H2,1-2H3. The maximum atomic E-state index is 14.0. The molecule has 1 amide bonds. The van der Waals surface area contributed by atoms with E-state index >= 15 is 0 Å². The first-order valence-corrected chi connectivity index (χ1v) is 31.9. The number of nitrogens with zero attached hydrogens (tertiary/aromatic N) is 7. The molecule has 0 spiro atoms. The summed E-state index contributed by atoms with van der Waals surface area (Å²) in [5.41, 5.74) is 12.8. The number of ketones is 1. The third-order valence-corrected chi connectivity index (χ3v) is 20.4. The Kier molecular flexibility index (Phi) is 22.2. The minimum atomic E-state index is 0.149. The maximum Gasteiger partial charge on any atom is 0.255 e. The molecule has 3 aliphatic heterocycles. The molecular weight excluding hydrogens is 1070 g/mol. The molecule has 2 unspecified atom stereocenters.